The van der Waals surface area contributed by atoms with E-state index in [1.807, 2.05) is 6.07 Å². The van der Waals surface area contributed by atoms with Gasteiger partial charge in [0.05, 0.1) is 6.07 Å². The van der Waals surface area contributed by atoms with Gasteiger partial charge < -0.3 is 0 Å². The fraction of sp³-hybridized carbons (Fsp3) is 0.571. The average molecular weight is 206 g/mol. The van der Waals surface area contributed by atoms with Crippen LogP contribution in [0.4, 0.5) is 4.39 Å². The molecule has 0 aliphatic rings. The largest absolute Gasteiger partial charge is 0.211 e. The zero-order chi connectivity index (χ0) is 8.36. The second kappa shape index (κ2) is 3.16. The van der Waals surface area contributed by atoms with Crippen LogP contribution in [0.1, 0.15) is 13.8 Å². The predicted molar refractivity (Wildman–Crippen MR) is 42.4 cm³/mol. The lowest BCUT2D eigenvalue weighted by Crippen LogP contribution is -2.23. The van der Waals surface area contributed by atoms with Crippen molar-refractivity contribution in [2.24, 2.45) is 5.41 Å². The predicted octanol–water partition coefficient (Wildman–Crippen LogP) is 2.78. The summed E-state index contributed by atoms with van der Waals surface area (Å²) in [4.78, 5) is -0.220. The molecule has 2 atom stereocenters. The van der Waals surface area contributed by atoms with Crippen molar-refractivity contribution >= 4 is 15.9 Å². The van der Waals surface area contributed by atoms with Crippen molar-refractivity contribution in [3.05, 3.63) is 12.4 Å². The highest BCUT2D eigenvalue weighted by molar-refractivity contribution is 9.09. The van der Waals surface area contributed by atoms with Crippen LogP contribution < -0.4 is 0 Å². The first kappa shape index (κ1) is 9.64. The number of hydrogen-bond acceptors (Lipinski definition) is 1. The maximum absolute atomic E-state index is 12.6. The molecular formula is C7H9BrFN. The summed E-state index contributed by atoms with van der Waals surface area (Å²) in [6, 6.07) is 1.86. The Labute approximate surface area is 68.7 Å². The standard InChI is InChI=1S/C7H9BrFN/c1-5(8)7(3,4-10)6(2)9/h5H,2H2,1,3H3/t5-,7?/m0/s1. The molecule has 0 aromatic carbocycles. The number of hydrogen-bond donors (Lipinski definition) is 0. The Bertz CT molecular complexity index is 183. The summed E-state index contributed by atoms with van der Waals surface area (Å²) >= 11 is 3.13. The molecule has 0 fully saturated rings. The zero-order valence-corrected chi connectivity index (χ0v) is 7.57. The molecule has 0 saturated carbocycles. The molecule has 1 unspecified atom stereocenters. The molecule has 0 aromatic rings. The molecule has 1 nitrogen and oxygen atoms in total. The summed E-state index contributed by atoms with van der Waals surface area (Å²) in [7, 11) is 0. The lowest BCUT2D eigenvalue weighted by molar-refractivity contribution is 0.409. The summed E-state index contributed by atoms with van der Waals surface area (Å²) in [5, 5.41) is 8.55. The van der Waals surface area contributed by atoms with Crippen LogP contribution >= 0.6 is 15.9 Å². The van der Waals surface area contributed by atoms with Crippen LogP contribution in [0.5, 0.6) is 0 Å². The van der Waals surface area contributed by atoms with E-state index in [-0.39, 0.29) is 4.83 Å². The molecular weight excluding hydrogens is 197 g/mol. The van der Waals surface area contributed by atoms with Gasteiger partial charge in [-0.2, -0.15) is 5.26 Å². The van der Waals surface area contributed by atoms with E-state index in [4.69, 9.17) is 5.26 Å². The Morgan fingerprint density at radius 3 is 2.30 bits per heavy atom. The quantitative estimate of drug-likeness (QED) is 0.637. The fourth-order valence-electron chi connectivity index (χ4n) is 0.365. The second-order valence-electron chi connectivity index (χ2n) is 2.34. The van der Waals surface area contributed by atoms with Gasteiger partial charge >= 0.3 is 0 Å². The number of alkyl halides is 1. The molecule has 10 heavy (non-hydrogen) atoms. The molecule has 0 aromatic heterocycles. The minimum atomic E-state index is -1.10. The number of nitriles is 1. The topological polar surface area (TPSA) is 23.8 Å². The van der Waals surface area contributed by atoms with Crippen molar-refractivity contribution in [2.75, 3.05) is 0 Å². The minimum absolute atomic E-state index is 0.220. The van der Waals surface area contributed by atoms with Crippen LogP contribution in [-0.2, 0) is 0 Å². The van der Waals surface area contributed by atoms with E-state index in [1.54, 1.807) is 6.92 Å². The fourth-order valence-corrected chi connectivity index (χ4v) is 0.716. The first-order valence-corrected chi connectivity index (χ1v) is 3.77. The second-order valence-corrected chi connectivity index (χ2v) is 3.71. The molecule has 0 amide bonds. The van der Waals surface area contributed by atoms with Crippen molar-refractivity contribution in [1.82, 2.24) is 0 Å². The number of nitrogens with zero attached hydrogens (tertiary/aromatic N) is 1. The molecule has 0 aliphatic heterocycles. The van der Waals surface area contributed by atoms with Crippen molar-refractivity contribution in [3.63, 3.8) is 0 Å². The van der Waals surface area contributed by atoms with E-state index >= 15 is 0 Å². The van der Waals surface area contributed by atoms with E-state index < -0.39 is 11.2 Å². The third-order valence-electron chi connectivity index (χ3n) is 1.59. The van der Waals surface area contributed by atoms with E-state index in [2.05, 4.69) is 22.5 Å². The van der Waals surface area contributed by atoms with Gasteiger partial charge in [0, 0.05) is 4.83 Å². The molecule has 0 heterocycles. The van der Waals surface area contributed by atoms with Gasteiger partial charge in [-0.05, 0) is 6.92 Å². The Hall–Kier alpha value is -0.360. The van der Waals surface area contributed by atoms with Crippen molar-refractivity contribution in [1.29, 1.82) is 5.26 Å². The van der Waals surface area contributed by atoms with E-state index in [1.165, 1.54) is 6.92 Å². The summed E-state index contributed by atoms with van der Waals surface area (Å²) in [6.07, 6.45) is 0. The average Bonchev–Trinajstić information content (AvgIpc) is 1.85. The van der Waals surface area contributed by atoms with Gasteiger partial charge in [0.15, 0.2) is 0 Å². The van der Waals surface area contributed by atoms with Crippen molar-refractivity contribution in [3.8, 4) is 6.07 Å². The highest BCUT2D eigenvalue weighted by Crippen LogP contribution is 2.34. The van der Waals surface area contributed by atoms with Crippen LogP contribution in [0, 0.1) is 16.7 Å². The van der Waals surface area contributed by atoms with E-state index in [0.717, 1.165) is 0 Å². The molecule has 0 aliphatic carbocycles. The molecule has 0 rings (SSSR count). The highest BCUT2D eigenvalue weighted by atomic mass is 79.9. The Balaban J connectivity index is 4.60. The highest BCUT2D eigenvalue weighted by Gasteiger charge is 2.33. The molecule has 0 saturated heterocycles. The third kappa shape index (κ3) is 1.57. The summed E-state index contributed by atoms with van der Waals surface area (Å²) in [5.74, 6) is -0.598. The van der Waals surface area contributed by atoms with Gasteiger partial charge in [0.1, 0.15) is 11.2 Å². The van der Waals surface area contributed by atoms with Gasteiger partial charge in [-0.1, -0.05) is 29.4 Å². The van der Waals surface area contributed by atoms with Crippen LogP contribution in [0.2, 0.25) is 0 Å². The zero-order valence-electron chi connectivity index (χ0n) is 5.99. The maximum Gasteiger partial charge on any atom is 0.117 e. The first-order chi connectivity index (χ1) is 4.45. The van der Waals surface area contributed by atoms with Crippen LogP contribution in [-0.4, -0.2) is 4.83 Å². The lowest BCUT2D eigenvalue weighted by Gasteiger charge is -2.21. The first-order valence-electron chi connectivity index (χ1n) is 2.85. The number of rotatable bonds is 2. The SMILES string of the molecule is C=C(F)C(C)(C#N)[C@H](C)Br. The van der Waals surface area contributed by atoms with Crippen molar-refractivity contribution < 1.29 is 4.39 Å². The van der Waals surface area contributed by atoms with Gasteiger partial charge in [0.25, 0.3) is 0 Å². The van der Waals surface area contributed by atoms with Gasteiger partial charge in [-0.25, -0.2) is 4.39 Å². The Morgan fingerprint density at radius 2 is 2.30 bits per heavy atom. The summed E-state index contributed by atoms with van der Waals surface area (Å²) < 4.78 is 12.6. The van der Waals surface area contributed by atoms with Gasteiger partial charge in [-0.15, -0.1) is 0 Å². The molecule has 3 heteroatoms. The third-order valence-corrected chi connectivity index (χ3v) is 2.51. The molecule has 0 N–H and O–H groups in total. The lowest BCUT2D eigenvalue weighted by atomic mass is 9.88. The molecule has 0 bridgehead atoms. The Morgan fingerprint density at radius 1 is 1.90 bits per heavy atom. The van der Waals surface area contributed by atoms with Gasteiger partial charge in [-0.3, -0.25) is 0 Å². The Kier molecular flexibility index (Phi) is 3.04. The molecule has 0 spiro atoms. The number of halogens is 2. The van der Waals surface area contributed by atoms with Crippen LogP contribution in [0.3, 0.4) is 0 Å². The smallest absolute Gasteiger partial charge is 0.117 e. The number of allylic oxidation sites excluding steroid dienone is 1. The molecule has 0 radical (unpaired) electrons. The maximum atomic E-state index is 12.6. The summed E-state index contributed by atoms with van der Waals surface area (Å²) in [5.41, 5.74) is -1.10. The van der Waals surface area contributed by atoms with Crippen molar-refractivity contribution in [2.45, 2.75) is 18.7 Å². The van der Waals surface area contributed by atoms with Gasteiger partial charge in [0.2, 0.25) is 0 Å². The van der Waals surface area contributed by atoms with Crippen LogP contribution in [0.25, 0.3) is 0 Å². The monoisotopic (exact) mass is 205 g/mol. The van der Waals surface area contributed by atoms with E-state index in [9.17, 15) is 4.39 Å². The summed E-state index contributed by atoms with van der Waals surface area (Å²) in [6.45, 7) is 6.33. The van der Waals surface area contributed by atoms with Crippen LogP contribution in [0.15, 0.2) is 12.4 Å². The molecule has 56 valence electrons. The van der Waals surface area contributed by atoms with E-state index in [0.29, 0.717) is 0 Å². The normalized spacial score (nSPS) is 18.7. The minimum Gasteiger partial charge on any atom is -0.211 e.